The number of rotatable bonds is 5. The molecule has 0 saturated carbocycles. The molecular weight excluding hydrogens is 282 g/mol. The van der Waals surface area contributed by atoms with Crippen LogP contribution in [0.25, 0.3) is 0 Å². The predicted octanol–water partition coefficient (Wildman–Crippen LogP) is 2.74. The minimum absolute atomic E-state index is 0.0766. The normalized spacial score (nSPS) is 12.1. The van der Waals surface area contributed by atoms with E-state index in [9.17, 15) is 25.1 Å². The molecule has 0 aliphatic carbocycles. The number of carbonyl (C=O) groups is 1. The number of nitro groups is 1. The largest absolute Gasteiger partial charge is 0.510 e. The van der Waals surface area contributed by atoms with Crippen LogP contribution in [0.1, 0.15) is 13.8 Å². The van der Waals surface area contributed by atoms with Crippen LogP contribution in [0.15, 0.2) is 39.9 Å². The molecule has 0 unspecified atom stereocenters. The SMILES string of the molecule is CCOC(=O)C(N=Nc1cc([N+](=O)[O-])ccc1O)=C(C)O. The molecule has 9 nitrogen and oxygen atoms in total. The second-order valence-electron chi connectivity index (χ2n) is 3.78. The summed E-state index contributed by atoms with van der Waals surface area (Å²) >= 11 is 0. The average molecular weight is 295 g/mol. The Bertz CT molecular complexity index is 619. The number of carbonyl (C=O) groups excluding carboxylic acids is 1. The number of aromatic hydroxyl groups is 1. The van der Waals surface area contributed by atoms with E-state index in [4.69, 9.17) is 0 Å². The number of non-ortho nitro benzene ring substituents is 1. The van der Waals surface area contributed by atoms with E-state index in [1.807, 2.05) is 0 Å². The Morgan fingerprint density at radius 2 is 2.14 bits per heavy atom. The van der Waals surface area contributed by atoms with E-state index in [-0.39, 0.29) is 23.7 Å². The Labute approximate surface area is 119 Å². The van der Waals surface area contributed by atoms with E-state index < -0.39 is 22.3 Å². The molecule has 0 spiro atoms. The number of esters is 1. The maximum Gasteiger partial charge on any atom is 0.362 e. The van der Waals surface area contributed by atoms with Crippen molar-refractivity contribution in [3.05, 3.63) is 39.8 Å². The molecule has 0 aliphatic heterocycles. The zero-order valence-electron chi connectivity index (χ0n) is 11.3. The van der Waals surface area contributed by atoms with Crippen molar-refractivity contribution in [3.63, 3.8) is 0 Å². The molecule has 0 atom stereocenters. The summed E-state index contributed by atoms with van der Waals surface area (Å²) in [6.07, 6.45) is 0. The van der Waals surface area contributed by atoms with Gasteiger partial charge in [-0.3, -0.25) is 10.1 Å². The number of aliphatic hydroxyl groups excluding tert-OH is 1. The van der Waals surface area contributed by atoms with Gasteiger partial charge >= 0.3 is 5.97 Å². The molecule has 1 rings (SSSR count). The Morgan fingerprint density at radius 1 is 1.48 bits per heavy atom. The third-order valence-corrected chi connectivity index (χ3v) is 2.24. The van der Waals surface area contributed by atoms with E-state index in [1.165, 1.54) is 6.92 Å². The third-order valence-electron chi connectivity index (χ3n) is 2.24. The first-order valence-corrected chi connectivity index (χ1v) is 5.83. The number of azo groups is 1. The number of phenols is 1. The molecule has 0 bridgehead atoms. The van der Waals surface area contributed by atoms with E-state index in [1.54, 1.807) is 6.92 Å². The number of aliphatic hydroxyl groups is 1. The average Bonchev–Trinajstić information content (AvgIpc) is 2.40. The molecular formula is C12H13N3O6. The number of ether oxygens (including phenoxy) is 1. The second-order valence-corrected chi connectivity index (χ2v) is 3.78. The van der Waals surface area contributed by atoms with Crippen molar-refractivity contribution in [1.29, 1.82) is 0 Å². The Hall–Kier alpha value is -2.97. The molecule has 1 aromatic rings. The summed E-state index contributed by atoms with van der Waals surface area (Å²) in [5, 5.41) is 36.5. The highest BCUT2D eigenvalue weighted by Gasteiger charge is 2.15. The van der Waals surface area contributed by atoms with E-state index in [0.717, 1.165) is 18.2 Å². The fourth-order valence-electron chi connectivity index (χ4n) is 1.27. The van der Waals surface area contributed by atoms with Crippen LogP contribution in [-0.2, 0) is 9.53 Å². The smallest absolute Gasteiger partial charge is 0.362 e. The van der Waals surface area contributed by atoms with Gasteiger partial charge in [0.05, 0.1) is 11.5 Å². The molecule has 0 radical (unpaired) electrons. The Kier molecular flexibility index (Phi) is 5.35. The number of nitrogens with zero attached hydrogens (tertiary/aromatic N) is 3. The lowest BCUT2D eigenvalue weighted by Gasteiger charge is -2.02. The van der Waals surface area contributed by atoms with Gasteiger partial charge in [0.1, 0.15) is 17.2 Å². The van der Waals surface area contributed by atoms with Crippen LogP contribution in [0.3, 0.4) is 0 Å². The quantitative estimate of drug-likeness (QED) is 0.214. The third kappa shape index (κ3) is 4.27. The van der Waals surface area contributed by atoms with Crippen molar-refractivity contribution in [3.8, 4) is 5.75 Å². The van der Waals surface area contributed by atoms with Crippen molar-refractivity contribution < 1.29 is 24.7 Å². The molecule has 0 fully saturated rings. The van der Waals surface area contributed by atoms with Gasteiger partial charge in [-0.2, -0.15) is 0 Å². The minimum atomic E-state index is -0.897. The summed E-state index contributed by atoms with van der Waals surface area (Å²) in [4.78, 5) is 21.5. The molecule has 9 heteroatoms. The van der Waals surface area contributed by atoms with E-state index in [0.29, 0.717) is 0 Å². The lowest BCUT2D eigenvalue weighted by molar-refractivity contribution is -0.384. The van der Waals surface area contributed by atoms with Crippen LogP contribution < -0.4 is 0 Å². The van der Waals surface area contributed by atoms with Crippen LogP contribution in [0.4, 0.5) is 11.4 Å². The summed E-state index contributed by atoms with van der Waals surface area (Å²) in [6.45, 7) is 2.86. The molecule has 0 aromatic heterocycles. The van der Waals surface area contributed by atoms with Crippen molar-refractivity contribution in [2.24, 2.45) is 10.2 Å². The van der Waals surface area contributed by atoms with Gasteiger partial charge in [-0.25, -0.2) is 4.79 Å². The first-order chi connectivity index (χ1) is 9.86. The fourth-order valence-corrected chi connectivity index (χ4v) is 1.27. The summed E-state index contributed by atoms with van der Waals surface area (Å²) in [5.74, 6) is -1.68. The lowest BCUT2D eigenvalue weighted by atomic mass is 10.2. The molecule has 2 N–H and O–H groups in total. The number of nitro benzene ring substituents is 1. The van der Waals surface area contributed by atoms with Crippen LogP contribution in [0.2, 0.25) is 0 Å². The summed E-state index contributed by atoms with van der Waals surface area (Å²) in [5.41, 5.74) is -0.973. The van der Waals surface area contributed by atoms with Gasteiger partial charge < -0.3 is 14.9 Å². The number of allylic oxidation sites excluding steroid dienone is 1. The van der Waals surface area contributed by atoms with Crippen molar-refractivity contribution in [2.45, 2.75) is 13.8 Å². The molecule has 21 heavy (non-hydrogen) atoms. The lowest BCUT2D eigenvalue weighted by Crippen LogP contribution is -2.07. The van der Waals surface area contributed by atoms with Gasteiger partial charge in [0.15, 0.2) is 0 Å². The molecule has 0 amide bonds. The van der Waals surface area contributed by atoms with Gasteiger partial charge in [-0.1, -0.05) is 0 Å². The van der Waals surface area contributed by atoms with E-state index in [2.05, 4.69) is 15.0 Å². The van der Waals surface area contributed by atoms with Gasteiger partial charge in [0.2, 0.25) is 5.70 Å². The summed E-state index contributed by atoms with van der Waals surface area (Å²) in [6, 6.07) is 3.15. The van der Waals surface area contributed by atoms with Crippen molar-refractivity contribution in [1.82, 2.24) is 0 Å². The number of hydrogen-bond donors (Lipinski definition) is 2. The Morgan fingerprint density at radius 3 is 2.67 bits per heavy atom. The maximum absolute atomic E-state index is 11.5. The topological polar surface area (TPSA) is 135 Å². The standard InChI is InChI=1S/C12H13N3O6/c1-3-21-12(18)11(7(2)16)14-13-9-6-8(15(19)20)4-5-10(9)17/h4-6,16-17H,3H2,1-2H3. The van der Waals surface area contributed by atoms with Crippen LogP contribution >= 0.6 is 0 Å². The highest BCUT2D eigenvalue weighted by atomic mass is 16.6. The number of hydrogen-bond acceptors (Lipinski definition) is 8. The first kappa shape index (κ1) is 16.1. The predicted molar refractivity (Wildman–Crippen MR) is 71.2 cm³/mol. The fraction of sp³-hybridized carbons (Fsp3) is 0.250. The monoisotopic (exact) mass is 295 g/mol. The highest BCUT2D eigenvalue weighted by molar-refractivity contribution is 5.88. The van der Waals surface area contributed by atoms with Crippen LogP contribution in [0.5, 0.6) is 5.75 Å². The molecule has 112 valence electrons. The highest BCUT2D eigenvalue weighted by Crippen LogP contribution is 2.31. The number of phenolic OH excluding ortho intramolecular Hbond substituents is 1. The van der Waals surface area contributed by atoms with Crippen LogP contribution in [0, 0.1) is 10.1 Å². The van der Waals surface area contributed by atoms with Gasteiger partial charge in [-0.15, -0.1) is 10.2 Å². The number of benzene rings is 1. The molecule has 0 saturated heterocycles. The van der Waals surface area contributed by atoms with Crippen molar-refractivity contribution >= 4 is 17.3 Å². The first-order valence-electron chi connectivity index (χ1n) is 5.83. The summed E-state index contributed by atoms with van der Waals surface area (Å²) < 4.78 is 4.66. The van der Waals surface area contributed by atoms with Gasteiger partial charge in [0, 0.05) is 12.1 Å². The summed E-state index contributed by atoms with van der Waals surface area (Å²) in [7, 11) is 0. The zero-order chi connectivity index (χ0) is 16.0. The maximum atomic E-state index is 11.5. The van der Waals surface area contributed by atoms with Gasteiger partial charge in [0.25, 0.3) is 5.69 Å². The van der Waals surface area contributed by atoms with Crippen molar-refractivity contribution in [2.75, 3.05) is 6.61 Å². The second kappa shape index (κ2) is 6.98. The zero-order valence-corrected chi connectivity index (χ0v) is 11.3. The van der Waals surface area contributed by atoms with Gasteiger partial charge in [-0.05, 0) is 19.9 Å². The minimum Gasteiger partial charge on any atom is -0.510 e. The van der Waals surface area contributed by atoms with E-state index >= 15 is 0 Å². The van der Waals surface area contributed by atoms with Crippen LogP contribution in [-0.4, -0.2) is 27.7 Å². The Balaban J connectivity index is 3.13. The molecule has 0 aliphatic rings. The molecule has 0 heterocycles. The molecule has 1 aromatic carbocycles.